The zero-order valence-electron chi connectivity index (χ0n) is 10.4. The van der Waals surface area contributed by atoms with Crippen LogP contribution in [-0.4, -0.2) is 29.1 Å². The molecule has 0 aliphatic rings. The standard InChI is InChI=1S/C12H19N3O2/c1-12(2,3)11(17)15-9-4-5-10(14-8-9)13-6-7-16/h4-5,8,16H,6-7H2,1-3H3,(H,13,14)(H,15,17). The van der Waals surface area contributed by atoms with Gasteiger partial charge in [-0.05, 0) is 12.1 Å². The lowest BCUT2D eigenvalue weighted by Gasteiger charge is -2.17. The molecule has 0 radical (unpaired) electrons. The fourth-order valence-electron chi connectivity index (χ4n) is 1.07. The first-order chi connectivity index (χ1) is 7.93. The number of carbonyl (C=O) groups is 1. The second kappa shape index (κ2) is 5.63. The van der Waals surface area contributed by atoms with Crippen LogP contribution in [0.3, 0.4) is 0 Å². The average Bonchev–Trinajstić information content (AvgIpc) is 2.27. The summed E-state index contributed by atoms with van der Waals surface area (Å²) in [5, 5.41) is 14.4. The summed E-state index contributed by atoms with van der Waals surface area (Å²) in [6.07, 6.45) is 1.59. The van der Waals surface area contributed by atoms with E-state index in [1.54, 1.807) is 18.3 Å². The van der Waals surface area contributed by atoms with Crippen LogP contribution in [0.1, 0.15) is 20.8 Å². The summed E-state index contributed by atoms with van der Waals surface area (Å²) in [4.78, 5) is 15.8. The van der Waals surface area contributed by atoms with Crippen molar-refractivity contribution < 1.29 is 9.90 Å². The van der Waals surface area contributed by atoms with Gasteiger partial charge in [0.15, 0.2) is 0 Å². The van der Waals surface area contributed by atoms with Crippen LogP contribution in [0, 0.1) is 5.41 Å². The van der Waals surface area contributed by atoms with Crippen molar-refractivity contribution in [3.63, 3.8) is 0 Å². The molecule has 0 bridgehead atoms. The molecule has 0 spiro atoms. The molecule has 0 aliphatic carbocycles. The predicted octanol–water partition coefficient (Wildman–Crippen LogP) is 1.47. The molecule has 1 heterocycles. The van der Waals surface area contributed by atoms with Crippen molar-refractivity contribution in [1.82, 2.24) is 4.98 Å². The van der Waals surface area contributed by atoms with E-state index >= 15 is 0 Å². The Kier molecular flexibility index (Phi) is 4.45. The highest BCUT2D eigenvalue weighted by Crippen LogP contribution is 2.17. The third-order valence-corrected chi connectivity index (χ3v) is 2.12. The monoisotopic (exact) mass is 237 g/mol. The van der Waals surface area contributed by atoms with E-state index in [0.717, 1.165) is 0 Å². The molecule has 5 nitrogen and oxygen atoms in total. The molecule has 0 atom stereocenters. The van der Waals surface area contributed by atoms with E-state index in [-0.39, 0.29) is 12.5 Å². The number of nitrogens with zero attached hydrogens (tertiary/aromatic N) is 1. The number of nitrogens with one attached hydrogen (secondary N) is 2. The van der Waals surface area contributed by atoms with Gasteiger partial charge in [-0.3, -0.25) is 4.79 Å². The van der Waals surface area contributed by atoms with Crippen LogP contribution in [0.4, 0.5) is 11.5 Å². The molecular weight excluding hydrogens is 218 g/mol. The van der Waals surface area contributed by atoms with Gasteiger partial charge in [0.2, 0.25) is 5.91 Å². The quantitative estimate of drug-likeness (QED) is 0.741. The van der Waals surface area contributed by atoms with Gasteiger partial charge in [0.1, 0.15) is 5.82 Å². The van der Waals surface area contributed by atoms with Crippen molar-refractivity contribution in [3.8, 4) is 0 Å². The van der Waals surface area contributed by atoms with Gasteiger partial charge in [-0.25, -0.2) is 4.98 Å². The second-order valence-corrected chi connectivity index (χ2v) is 4.79. The Morgan fingerprint density at radius 1 is 1.41 bits per heavy atom. The zero-order valence-corrected chi connectivity index (χ0v) is 10.4. The Bertz CT molecular complexity index is 368. The second-order valence-electron chi connectivity index (χ2n) is 4.79. The van der Waals surface area contributed by atoms with Crippen LogP contribution in [0.15, 0.2) is 18.3 Å². The van der Waals surface area contributed by atoms with Gasteiger partial charge in [-0.15, -0.1) is 0 Å². The van der Waals surface area contributed by atoms with Gasteiger partial charge >= 0.3 is 0 Å². The SMILES string of the molecule is CC(C)(C)C(=O)Nc1ccc(NCCO)nc1. The molecule has 0 aliphatic heterocycles. The van der Waals surface area contributed by atoms with Crippen LogP contribution in [0.2, 0.25) is 0 Å². The molecule has 0 saturated heterocycles. The number of carbonyl (C=O) groups excluding carboxylic acids is 1. The summed E-state index contributed by atoms with van der Waals surface area (Å²) < 4.78 is 0. The number of aliphatic hydroxyl groups excluding tert-OH is 1. The molecule has 0 aromatic carbocycles. The summed E-state index contributed by atoms with van der Waals surface area (Å²) in [6, 6.07) is 3.53. The summed E-state index contributed by atoms with van der Waals surface area (Å²) >= 11 is 0. The Hall–Kier alpha value is -1.62. The molecule has 3 N–H and O–H groups in total. The smallest absolute Gasteiger partial charge is 0.229 e. The molecule has 1 rings (SSSR count). The summed E-state index contributed by atoms with van der Waals surface area (Å²) in [7, 11) is 0. The molecule has 5 heteroatoms. The maximum atomic E-state index is 11.7. The molecule has 0 unspecified atom stereocenters. The maximum absolute atomic E-state index is 11.7. The lowest BCUT2D eigenvalue weighted by atomic mass is 9.96. The van der Waals surface area contributed by atoms with Crippen molar-refractivity contribution in [2.45, 2.75) is 20.8 Å². The van der Waals surface area contributed by atoms with Gasteiger partial charge < -0.3 is 15.7 Å². The third kappa shape index (κ3) is 4.40. The van der Waals surface area contributed by atoms with Crippen molar-refractivity contribution in [2.75, 3.05) is 23.8 Å². The Balaban J connectivity index is 2.59. The van der Waals surface area contributed by atoms with Crippen molar-refractivity contribution in [2.24, 2.45) is 5.41 Å². The first-order valence-electron chi connectivity index (χ1n) is 5.56. The van der Waals surface area contributed by atoms with E-state index in [0.29, 0.717) is 18.1 Å². The van der Waals surface area contributed by atoms with Crippen LogP contribution in [0.25, 0.3) is 0 Å². The van der Waals surface area contributed by atoms with Crippen LogP contribution >= 0.6 is 0 Å². The van der Waals surface area contributed by atoms with Crippen molar-refractivity contribution in [1.29, 1.82) is 0 Å². The normalized spacial score (nSPS) is 11.1. The minimum Gasteiger partial charge on any atom is -0.395 e. The Morgan fingerprint density at radius 3 is 2.59 bits per heavy atom. The van der Waals surface area contributed by atoms with Crippen molar-refractivity contribution >= 4 is 17.4 Å². The molecule has 94 valence electrons. The number of anilines is 2. The molecule has 17 heavy (non-hydrogen) atoms. The van der Waals surface area contributed by atoms with E-state index < -0.39 is 5.41 Å². The number of aliphatic hydroxyl groups is 1. The molecule has 1 aromatic heterocycles. The van der Waals surface area contributed by atoms with E-state index in [2.05, 4.69) is 15.6 Å². The van der Waals surface area contributed by atoms with Gasteiger partial charge in [-0.2, -0.15) is 0 Å². The van der Waals surface area contributed by atoms with E-state index in [1.165, 1.54) is 0 Å². The lowest BCUT2D eigenvalue weighted by molar-refractivity contribution is -0.123. The molecular formula is C12H19N3O2. The largest absolute Gasteiger partial charge is 0.395 e. The summed E-state index contributed by atoms with van der Waals surface area (Å²) in [5.41, 5.74) is 0.243. The fourth-order valence-corrected chi connectivity index (χ4v) is 1.07. The minimum absolute atomic E-state index is 0.0460. The average molecular weight is 237 g/mol. The van der Waals surface area contributed by atoms with Gasteiger partial charge in [0.25, 0.3) is 0 Å². The number of hydrogen-bond acceptors (Lipinski definition) is 4. The summed E-state index contributed by atoms with van der Waals surface area (Å²) in [6.45, 7) is 6.08. The number of hydrogen-bond donors (Lipinski definition) is 3. The highest BCUT2D eigenvalue weighted by Gasteiger charge is 2.21. The fraction of sp³-hybridized carbons (Fsp3) is 0.500. The molecule has 0 saturated carbocycles. The number of rotatable bonds is 4. The summed E-state index contributed by atoms with van der Waals surface area (Å²) in [5.74, 6) is 0.628. The lowest BCUT2D eigenvalue weighted by Crippen LogP contribution is -2.27. The number of aromatic nitrogens is 1. The van der Waals surface area contributed by atoms with Gasteiger partial charge in [0.05, 0.1) is 18.5 Å². The van der Waals surface area contributed by atoms with Gasteiger partial charge in [-0.1, -0.05) is 20.8 Å². The van der Waals surface area contributed by atoms with Crippen LogP contribution < -0.4 is 10.6 Å². The maximum Gasteiger partial charge on any atom is 0.229 e. The number of amides is 1. The molecule has 1 amide bonds. The highest BCUT2D eigenvalue weighted by atomic mass is 16.3. The van der Waals surface area contributed by atoms with Gasteiger partial charge in [0, 0.05) is 12.0 Å². The van der Waals surface area contributed by atoms with E-state index in [9.17, 15) is 4.79 Å². The van der Waals surface area contributed by atoms with Crippen LogP contribution in [0.5, 0.6) is 0 Å². The van der Waals surface area contributed by atoms with E-state index in [1.807, 2.05) is 20.8 Å². The van der Waals surface area contributed by atoms with Crippen LogP contribution in [-0.2, 0) is 4.79 Å². The van der Waals surface area contributed by atoms with Crippen molar-refractivity contribution in [3.05, 3.63) is 18.3 Å². The predicted molar refractivity (Wildman–Crippen MR) is 67.9 cm³/mol. The molecule has 0 fully saturated rings. The Labute approximate surface area is 101 Å². The topological polar surface area (TPSA) is 74.2 Å². The molecule has 1 aromatic rings. The Morgan fingerprint density at radius 2 is 2.12 bits per heavy atom. The highest BCUT2D eigenvalue weighted by molar-refractivity contribution is 5.94. The minimum atomic E-state index is -0.423. The first-order valence-corrected chi connectivity index (χ1v) is 5.56. The van der Waals surface area contributed by atoms with E-state index in [4.69, 9.17) is 5.11 Å². The zero-order chi connectivity index (χ0) is 12.9. The third-order valence-electron chi connectivity index (χ3n) is 2.12. The first kappa shape index (κ1) is 13.4. The number of pyridine rings is 1.